The molecule has 0 fully saturated rings. The van der Waals surface area contributed by atoms with Gasteiger partial charge in [-0.1, -0.05) is 18.2 Å². The highest BCUT2D eigenvalue weighted by Gasteiger charge is 2.15. The van der Waals surface area contributed by atoms with Crippen molar-refractivity contribution in [2.24, 2.45) is 0 Å². The first-order valence-corrected chi connectivity index (χ1v) is 7.10. The highest BCUT2D eigenvalue weighted by atomic mass is 32.2. The summed E-state index contributed by atoms with van der Waals surface area (Å²) in [6, 6.07) is 13.1. The zero-order valence-corrected chi connectivity index (χ0v) is 12.0. The average molecular weight is 314 g/mol. The van der Waals surface area contributed by atoms with E-state index in [0.29, 0.717) is 10.4 Å². The van der Waals surface area contributed by atoms with E-state index in [0.717, 1.165) is 5.39 Å². The minimum absolute atomic E-state index is 0.0174. The zero-order valence-electron chi connectivity index (χ0n) is 11.2. The first-order chi connectivity index (χ1) is 10.6. The summed E-state index contributed by atoms with van der Waals surface area (Å²) in [4.78, 5) is 22.2. The Balaban J connectivity index is 2.06. The van der Waals surface area contributed by atoms with Crippen molar-refractivity contribution in [1.29, 1.82) is 0 Å². The maximum atomic E-state index is 11.1. The predicted octanol–water partition coefficient (Wildman–Crippen LogP) is 3.80. The van der Waals surface area contributed by atoms with Gasteiger partial charge in [0.05, 0.1) is 16.0 Å². The molecule has 3 aromatic rings. The molecule has 0 saturated carbocycles. The van der Waals surface area contributed by atoms with Crippen LogP contribution in [0.25, 0.3) is 10.9 Å². The molecular formula is C15H10N2O4S. The van der Waals surface area contributed by atoms with Crippen LogP contribution in [0, 0.1) is 10.1 Å². The molecule has 1 N–H and O–H groups in total. The van der Waals surface area contributed by atoms with E-state index in [1.54, 1.807) is 40.5 Å². The van der Waals surface area contributed by atoms with Gasteiger partial charge in [-0.2, -0.15) is 0 Å². The number of aromatic nitrogens is 1. The molecule has 0 bridgehead atoms. The third kappa shape index (κ3) is 2.53. The summed E-state index contributed by atoms with van der Waals surface area (Å²) >= 11 is 1.18. The number of nitrogens with zero attached hydrogens (tertiary/aromatic N) is 2. The van der Waals surface area contributed by atoms with Crippen LogP contribution in [0.5, 0.6) is 0 Å². The van der Waals surface area contributed by atoms with Gasteiger partial charge in [0.2, 0.25) is 0 Å². The number of aromatic carboxylic acids is 1. The lowest BCUT2D eigenvalue weighted by molar-refractivity contribution is -0.387. The third-order valence-electron chi connectivity index (χ3n) is 3.16. The van der Waals surface area contributed by atoms with E-state index < -0.39 is 10.9 Å². The van der Waals surface area contributed by atoms with Crippen molar-refractivity contribution in [2.45, 2.75) is 4.90 Å². The molecule has 2 aromatic carbocycles. The Hall–Kier alpha value is -2.80. The summed E-state index contributed by atoms with van der Waals surface area (Å²) in [5.74, 6) is -1.01. The van der Waals surface area contributed by atoms with Gasteiger partial charge in [0, 0.05) is 17.6 Å². The third-order valence-corrected chi connectivity index (χ3v) is 4.22. The summed E-state index contributed by atoms with van der Waals surface area (Å²) in [5.41, 5.74) is 0.891. The van der Waals surface area contributed by atoms with Crippen molar-refractivity contribution >= 4 is 34.5 Å². The molecule has 0 unspecified atom stereocenters. The number of rotatable bonds is 4. The molecule has 0 atom stereocenters. The molecular weight excluding hydrogens is 304 g/mol. The average Bonchev–Trinajstić information content (AvgIpc) is 2.90. The van der Waals surface area contributed by atoms with Gasteiger partial charge in [0.25, 0.3) is 5.69 Å². The monoisotopic (exact) mass is 314 g/mol. The van der Waals surface area contributed by atoms with Crippen molar-refractivity contribution < 1.29 is 14.8 Å². The van der Waals surface area contributed by atoms with Crippen LogP contribution in [0.4, 0.5) is 5.69 Å². The van der Waals surface area contributed by atoms with Crippen molar-refractivity contribution in [3.63, 3.8) is 0 Å². The fourth-order valence-electron chi connectivity index (χ4n) is 2.11. The lowest BCUT2D eigenvalue weighted by atomic mass is 10.2. The Morgan fingerprint density at radius 2 is 1.95 bits per heavy atom. The molecule has 0 aliphatic carbocycles. The van der Waals surface area contributed by atoms with Crippen molar-refractivity contribution in [3.05, 3.63) is 70.4 Å². The lowest BCUT2D eigenvalue weighted by Gasteiger charge is -2.05. The number of nitro groups is 1. The summed E-state index contributed by atoms with van der Waals surface area (Å²) in [5, 5.41) is 21.0. The number of carboxylic acids is 1. The van der Waals surface area contributed by atoms with E-state index in [-0.39, 0.29) is 11.3 Å². The van der Waals surface area contributed by atoms with Gasteiger partial charge in [-0.05, 0) is 36.2 Å². The van der Waals surface area contributed by atoms with Crippen LogP contribution in [0.2, 0.25) is 0 Å². The molecule has 0 amide bonds. The molecule has 0 aliphatic rings. The number of hydrogen-bond acceptors (Lipinski definition) is 4. The largest absolute Gasteiger partial charge is 0.478 e. The van der Waals surface area contributed by atoms with Crippen LogP contribution >= 0.6 is 11.9 Å². The van der Waals surface area contributed by atoms with Crippen molar-refractivity contribution in [2.75, 3.05) is 0 Å². The van der Waals surface area contributed by atoms with Gasteiger partial charge in [0.15, 0.2) is 0 Å². The van der Waals surface area contributed by atoms with Crippen LogP contribution in [0.3, 0.4) is 0 Å². The Bertz CT molecular complexity index is 888. The van der Waals surface area contributed by atoms with Gasteiger partial charge in [-0.25, -0.2) is 4.79 Å². The molecule has 110 valence electrons. The summed E-state index contributed by atoms with van der Waals surface area (Å²) in [6.45, 7) is 0. The highest BCUT2D eigenvalue weighted by Crippen LogP contribution is 2.33. The number of para-hydroxylation sites is 1. The first kappa shape index (κ1) is 14.2. The van der Waals surface area contributed by atoms with E-state index in [2.05, 4.69) is 0 Å². The summed E-state index contributed by atoms with van der Waals surface area (Å²) in [7, 11) is 0. The van der Waals surface area contributed by atoms with E-state index in [1.165, 1.54) is 24.1 Å². The van der Waals surface area contributed by atoms with Crippen LogP contribution in [-0.4, -0.2) is 20.0 Å². The molecule has 1 aromatic heterocycles. The zero-order chi connectivity index (χ0) is 15.7. The lowest BCUT2D eigenvalue weighted by Crippen LogP contribution is -1.96. The van der Waals surface area contributed by atoms with Crippen LogP contribution in [0.1, 0.15) is 10.4 Å². The van der Waals surface area contributed by atoms with Crippen molar-refractivity contribution in [3.8, 4) is 0 Å². The van der Waals surface area contributed by atoms with E-state index in [9.17, 15) is 14.9 Å². The smallest absolute Gasteiger partial charge is 0.335 e. The molecule has 0 saturated heterocycles. The second-order valence-electron chi connectivity index (χ2n) is 4.54. The Labute approximate surface area is 129 Å². The minimum Gasteiger partial charge on any atom is -0.478 e. The minimum atomic E-state index is -1.01. The molecule has 3 rings (SSSR count). The van der Waals surface area contributed by atoms with Gasteiger partial charge in [-0.3, -0.25) is 14.1 Å². The Morgan fingerprint density at radius 3 is 2.68 bits per heavy atom. The second-order valence-corrected chi connectivity index (χ2v) is 5.55. The van der Waals surface area contributed by atoms with Crippen LogP contribution < -0.4 is 0 Å². The van der Waals surface area contributed by atoms with E-state index in [1.807, 2.05) is 6.07 Å². The first-order valence-electron chi connectivity index (χ1n) is 6.32. The van der Waals surface area contributed by atoms with Crippen LogP contribution in [-0.2, 0) is 0 Å². The topological polar surface area (TPSA) is 85.4 Å². The van der Waals surface area contributed by atoms with E-state index in [4.69, 9.17) is 5.11 Å². The summed E-state index contributed by atoms with van der Waals surface area (Å²) < 4.78 is 1.73. The molecule has 0 aliphatic heterocycles. The molecule has 0 radical (unpaired) electrons. The fraction of sp³-hybridized carbons (Fsp3) is 0. The normalized spacial score (nSPS) is 10.7. The quantitative estimate of drug-likeness (QED) is 0.584. The number of carboxylic acid groups (broad SMARTS) is 1. The number of fused-ring (bicyclic) bond motifs is 1. The van der Waals surface area contributed by atoms with Crippen LogP contribution in [0.15, 0.2) is 59.6 Å². The summed E-state index contributed by atoms with van der Waals surface area (Å²) in [6.07, 6.45) is 1.76. The second kappa shape index (κ2) is 5.53. The maximum absolute atomic E-state index is 11.1. The van der Waals surface area contributed by atoms with Gasteiger partial charge < -0.3 is 5.11 Å². The molecule has 1 heterocycles. The molecule has 7 heteroatoms. The SMILES string of the molecule is O=C(O)c1ccc2ccn(Sc3ccccc3[N+](=O)[O-])c2c1. The Kier molecular flexibility index (Phi) is 3.56. The maximum Gasteiger partial charge on any atom is 0.335 e. The van der Waals surface area contributed by atoms with Gasteiger partial charge in [-0.15, -0.1) is 0 Å². The molecule has 22 heavy (non-hydrogen) atoms. The Morgan fingerprint density at radius 1 is 1.18 bits per heavy atom. The number of hydrogen-bond donors (Lipinski definition) is 1. The van der Waals surface area contributed by atoms with E-state index >= 15 is 0 Å². The molecule has 6 nitrogen and oxygen atoms in total. The number of nitro benzene ring substituents is 1. The van der Waals surface area contributed by atoms with Gasteiger partial charge in [0.1, 0.15) is 4.90 Å². The highest BCUT2D eigenvalue weighted by molar-refractivity contribution is 7.98. The predicted molar refractivity (Wildman–Crippen MR) is 83.2 cm³/mol. The fourth-order valence-corrected chi connectivity index (χ4v) is 3.07. The number of carbonyl (C=O) groups is 1. The molecule has 0 spiro atoms. The van der Waals surface area contributed by atoms with Crippen molar-refractivity contribution in [1.82, 2.24) is 3.97 Å². The number of benzene rings is 2. The standard InChI is InChI=1S/C15H10N2O4S/c18-15(19)11-6-5-10-7-8-16(13(10)9-11)22-14-4-2-1-3-12(14)17(20)21/h1-9H,(H,18,19). The van der Waals surface area contributed by atoms with Gasteiger partial charge >= 0.3 is 5.97 Å².